The maximum Gasteiger partial charge on any atom is 0.326 e. The third-order valence-electron chi connectivity index (χ3n) is 7.62. The molecule has 1 aromatic rings. The van der Waals surface area contributed by atoms with Crippen molar-refractivity contribution in [3.05, 3.63) is 35.9 Å². The minimum atomic E-state index is -0.643. The summed E-state index contributed by atoms with van der Waals surface area (Å²) >= 11 is 0. The average molecular weight is 515 g/mol. The molecule has 1 aromatic carbocycles. The number of amides is 1. The molecule has 0 saturated heterocycles. The summed E-state index contributed by atoms with van der Waals surface area (Å²) < 4.78 is 10.9. The van der Waals surface area contributed by atoms with Crippen molar-refractivity contribution in [1.29, 1.82) is 0 Å². The standard InChI is InChI=1S/C30H46N2O5/c1-6-36-29(35)26(17-16-22-12-8-7-9-13-22)31-21(2)28(34)32(20-27(33)37-30(3,4)5)25-18-23-14-10-11-15-24(23)19-25/h7-9,12-13,21,23-26,31H,6,10-11,14-20H2,1-5H3/t21-,23+,24+,26+/m0/s1. The zero-order valence-electron chi connectivity index (χ0n) is 23.3. The molecule has 7 nitrogen and oxygen atoms in total. The normalized spacial score (nSPS) is 21.5. The second-order valence-corrected chi connectivity index (χ2v) is 11.7. The predicted octanol–water partition coefficient (Wildman–Crippen LogP) is 4.67. The molecule has 0 aromatic heterocycles. The molecule has 2 aliphatic rings. The average Bonchev–Trinajstić information content (AvgIpc) is 3.28. The van der Waals surface area contributed by atoms with Crippen LogP contribution in [-0.2, 0) is 30.3 Å². The molecule has 3 rings (SSSR count). The highest BCUT2D eigenvalue weighted by Gasteiger charge is 2.41. The van der Waals surface area contributed by atoms with Crippen molar-refractivity contribution in [1.82, 2.24) is 10.2 Å². The number of esters is 2. The maximum absolute atomic E-state index is 13.8. The van der Waals surface area contributed by atoms with Crippen molar-refractivity contribution in [2.24, 2.45) is 11.8 Å². The summed E-state index contributed by atoms with van der Waals surface area (Å²) in [6.07, 6.45) is 7.96. The first-order valence-electron chi connectivity index (χ1n) is 14.1. The fourth-order valence-corrected chi connectivity index (χ4v) is 5.94. The van der Waals surface area contributed by atoms with Gasteiger partial charge in [-0.15, -0.1) is 0 Å². The molecule has 0 heterocycles. The van der Waals surface area contributed by atoms with Gasteiger partial charge < -0.3 is 14.4 Å². The number of hydrogen-bond donors (Lipinski definition) is 1. The molecule has 0 radical (unpaired) electrons. The molecule has 1 N–H and O–H groups in total. The van der Waals surface area contributed by atoms with E-state index in [9.17, 15) is 14.4 Å². The number of rotatable bonds is 11. The van der Waals surface area contributed by atoms with E-state index in [1.807, 2.05) is 51.1 Å². The van der Waals surface area contributed by atoms with Crippen LogP contribution in [0.2, 0.25) is 0 Å². The molecule has 0 unspecified atom stereocenters. The minimum absolute atomic E-state index is 0.0164. The molecular formula is C30H46N2O5. The Kier molecular flexibility index (Phi) is 10.6. The number of benzene rings is 1. The monoisotopic (exact) mass is 514 g/mol. The van der Waals surface area contributed by atoms with Crippen molar-refractivity contribution < 1.29 is 23.9 Å². The van der Waals surface area contributed by atoms with E-state index in [1.54, 1.807) is 18.7 Å². The van der Waals surface area contributed by atoms with Gasteiger partial charge in [-0.3, -0.25) is 19.7 Å². The third kappa shape index (κ3) is 8.84. The van der Waals surface area contributed by atoms with Crippen molar-refractivity contribution >= 4 is 17.8 Å². The van der Waals surface area contributed by atoms with Crippen LogP contribution in [-0.4, -0.2) is 59.6 Å². The topological polar surface area (TPSA) is 84.9 Å². The van der Waals surface area contributed by atoms with Crippen molar-refractivity contribution in [3.63, 3.8) is 0 Å². The van der Waals surface area contributed by atoms with Crippen LogP contribution in [0.4, 0.5) is 0 Å². The zero-order valence-corrected chi connectivity index (χ0v) is 23.3. The first kappa shape index (κ1) is 29.2. The van der Waals surface area contributed by atoms with Gasteiger partial charge in [-0.05, 0) is 77.7 Å². The highest BCUT2D eigenvalue weighted by molar-refractivity contribution is 5.87. The Balaban J connectivity index is 1.72. The Hall–Kier alpha value is -2.41. The van der Waals surface area contributed by atoms with E-state index >= 15 is 0 Å². The van der Waals surface area contributed by atoms with E-state index in [2.05, 4.69) is 5.32 Å². The highest BCUT2D eigenvalue weighted by atomic mass is 16.6. The molecule has 37 heavy (non-hydrogen) atoms. The molecule has 0 aliphatic heterocycles. The fraction of sp³-hybridized carbons (Fsp3) is 0.700. The molecular weight excluding hydrogens is 468 g/mol. The van der Waals surface area contributed by atoms with Gasteiger partial charge in [0.05, 0.1) is 12.6 Å². The summed E-state index contributed by atoms with van der Waals surface area (Å²) in [5.41, 5.74) is 0.504. The Morgan fingerprint density at radius 3 is 2.24 bits per heavy atom. The number of carbonyl (C=O) groups is 3. The summed E-state index contributed by atoms with van der Waals surface area (Å²) in [5.74, 6) is 0.323. The summed E-state index contributed by atoms with van der Waals surface area (Å²) in [7, 11) is 0. The van der Waals surface area contributed by atoms with Gasteiger partial charge in [0, 0.05) is 6.04 Å². The molecule has 2 saturated carbocycles. The number of hydrogen-bond acceptors (Lipinski definition) is 6. The first-order chi connectivity index (χ1) is 17.6. The Morgan fingerprint density at radius 2 is 1.68 bits per heavy atom. The Morgan fingerprint density at radius 1 is 1.05 bits per heavy atom. The third-order valence-corrected chi connectivity index (χ3v) is 7.62. The predicted molar refractivity (Wildman–Crippen MR) is 144 cm³/mol. The number of carbonyl (C=O) groups excluding carboxylic acids is 3. The van der Waals surface area contributed by atoms with Crippen LogP contribution in [0, 0.1) is 11.8 Å². The highest BCUT2D eigenvalue weighted by Crippen LogP contribution is 2.44. The Labute approximate surface area is 222 Å². The van der Waals surface area contributed by atoms with Gasteiger partial charge in [-0.2, -0.15) is 0 Å². The number of nitrogens with zero attached hydrogens (tertiary/aromatic N) is 1. The van der Waals surface area contributed by atoms with Crippen LogP contribution in [0.3, 0.4) is 0 Å². The number of ether oxygens (including phenoxy) is 2. The number of aryl methyl sites for hydroxylation is 1. The minimum Gasteiger partial charge on any atom is -0.465 e. The molecule has 1 amide bonds. The number of nitrogens with one attached hydrogen (secondary N) is 1. The van der Waals surface area contributed by atoms with Gasteiger partial charge in [0.25, 0.3) is 0 Å². The van der Waals surface area contributed by atoms with Gasteiger partial charge in [0.15, 0.2) is 0 Å². The quantitative estimate of drug-likeness (QED) is 0.432. The molecule has 7 heteroatoms. The smallest absolute Gasteiger partial charge is 0.326 e. The van der Waals surface area contributed by atoms with Crippen molar-refractivity contribution in [3.8, 4) is 0 Å². The lowest BCUT2D eigenvalue weighted by atomic mass is 9.82. The van der Waals surface area contributed by atoms with Gasteiger partial charge in [0.1, 0.15) is 18.2 Å². The summed E-state index contributed by atoms with van der Waals surface area (Å²) in [6.45, 7) is 9.27. The first-order valence-corrected chi connectivity index (χ1v) is 14.1. The van der Waals surface area contributed by atoms with Gasteiger partial charge in [-0.1, -0.05) is 56.0 Å². The Bertz CT molecular complexity index is 883. The lowest BCUT2D eigenvalue weighted by molar-refractivity contribution is -0.160. The van der Waals surface area contributed by atoms with E-state index in [0.29, 0.717) is 24.7 Å². The summed E-state index contributed by atoms with van der Waals surface area (Å²) in [6, 6.07) is 8.72. The molecule has 2 aliphatic carbocycles. The van der Waals surface area contributed by atoms with Crippen LogP contribution >= 0.6 is 0 Å². The largest absolute Gasteiger partial charge is 0.465 e. The van der Waals surface area contributed by atoms with E-state index in [1.165, 1.54) is 25.7 Å². The lowest BCUT2D eigenvalue weighted by Crippen LogP contribution is -2.54. The second-order valence-electron chi connectivity index (χ2n) is 11.7. The van der Waals surface area contributed by atoms with E-state index in [4.69, 9.17) is 9.47 Å². The summed E-state index contributed by atoms with van der Waals surface area (Å²) in [4.78, 5) is 41.2. The van der Waals surface area contributed by atoms with Crippen molar-refractivity contribution in [2.45, 2.75) is 110 Å². The van der Waals surface area contributed by atoms with E-state index in [0.717, 1.165) is 18.4 Å². The lowest BCUT2D eigenvalue weighted by Gasteiger charge is -2.33. The molecule has 206 valence electrons. The van der Waals surface area contributed by atoms with Crippen LogP contribution in [0.25, 0.3) is 0 Å². The maximum atomic E-state index is 13.8. The fourth-order valence-electron chi connectivity index (χ4n) is 5.94. The van der Waals surface area contributed by atoms with Crippen LogP contribution in [0.1, 0.15) is 85.1 Å². The summed E-state index contributed by atoms with van der Waals surface area (Å²) in [5, 5.41) is 3.24. The van der Waals surface area contributed by atoms with Crippen molar-refractivity contribution in [2.75, 3.05) is 13.2 Å². The molecule has 0 bridgehead atoms. The van der Waals surface area contributed by atoms with Crippen LogP contribution < -0.4 is 5.32 Å². The number of fused-ring (bicyclic) bond motifs is 1. The molecule has 4 atom stereocenters. The van der Waals surface area contributed by atoms with E-state index in [-0.39, 0.29) is 31.1 Å². The van der Waals surface area contributed by atoms with Crippen LogP contribution in [0.5, 0.6) is 0 Å². The SMILES string of the molecule is CCOC(=O)[C@@H](CCc1ccccc1)N[C@@H](C)C(=O)N(CC(=O)OC(C)(C)C)C1C[C@H]2CCCC[C@@H]2C1. The van der Waals surface area contributed by atoms with Gasteiger partial charge in [0.2, 0.25) is 5.91 Å². The molecule has 0 spiro atoms. The van der Waals surface area contributed by atoms with Gasteiger partial charge in [-0.25, -0.2) is 0 Å². The van der Waals surface area contributed by atoms with E-state index < -0.39 is 23.7 Å². The van der Waals surface area contributed by atoms with Gasteiger partial charge >= 0.3 is 11.9 Å². The zero-order chi connectivity index (χ0) is 27.0. The molecule has 2 fully saturated rings. The van der Waals surface area contributed by atoms with Crippen LogP contribution in [0.15, 0.2) is 30.3 Å². The second kappa shape index (κ2) is 13.4.